The minimum absolute atomic E-state index is 0.0844. The van der Waals surface area contributed by atoms with E-state index in [0.717, 1.165) is 5.56 Å². The summed E-state index contributed by atoms with van der Waals surface area (Å²) < 4.78 is 0. The fourth-order valence-corrected chi connectivity index (χ4v) is 2.82. The predicted octanol–water partition coefficient (Wildman–Crippen LogP) is 4.40. The standard InChI is InChI=1S/C20H16Cl2N2O2/c21-16-8-7-15(10-17(16)22)20(26)24-19(14-4-2-1-3-5-14)18-9-6-13(12-25)11-23-18/h1-11,19,25H,12H2,(H,24,26)/t19-/m0/s1. The van der Waals surface area contributed by atoms with Gasteiger partial charge in [-0.3, -0.25) is 9.78 Å². The Morgan fingerprint density at radius 1 is 1.04 bits per heavy atom. The lowest BCUT2D eigenvalue weighted by Crippen LogP contribution is -2.30. The molecule has 0 aliphatic rings. The number of halogens is 2. The van der Waals surface area contributed by atoms with Gasteiger partial charge >= 0.3 is 0 Å². The summed E-state index contributed by atoms with van der Waals surface area (Å²) in [6.07, 6.45) is 1.59. The topological polar surface area (TPSA) is 62.2 Å². The third-order valence-corrected chi connectivity index (χ3v) is 4.66. The van der Waals surface area contributed by atoms with Crippen LogP contribution in [0.3, 0.4) is 0 Å². The summed E-state index contributed by atoms with van der Waals surface area (Å²) >= 11 is 11.9. The van der Waals surface area contributed by atoms with Crippen molar-refractivity contribution in [3.05, 3.63) is 99.3 Å². The van der Waals surface area contributed by atoms with Crippen LogP contribution in [0.15, 0.2) is 66.9 Å². The maximum atomic E-state index is 12.7. The summed E-state index contributed by atoms with van der Waals surface area (Å²) in [7, 11) is 0. The minimum Gasteiger partial charge on any atom is -0.392 e. The van der Waals surface area contributed by atoms with E-state index in [2.05, 4.69) is 10.3 Å². The smallest absolute Gasteiger partial charge is 0.252 e. The van der Waals surface area contributed by atoms with Gasteiger partial charge in [-0.1, -0.05) is 59.6 Å². The van der Waals surface area contributed by atoms with E-state index >= 15 is 0 Å². The Hall–Kier alpha value is -2.40. The molecule has 3 aromatic rings. The number of aromatic nitrogens is 1. The molecule has 1 aromatic heterocycles. The molecule has 0 radical (unpaired) electrons. The summed E-state index contributed by atoms with van der Waals surface area (Å²) in [6, 6.07) is 17.4. The predicted molar refractivity (Wildman–Crippen MR) is 102 cm³/mol. The van der Waals surface area contributed by atoms with E-state index in [-0.39, 0.29) is 12.5 Å². The fraction of sp³-hybridized carbons (Fsp3) is 0.100. The normalized spacial score (nSPS) is 11.8. The van der Waals surface area contributed by atoms with Crippen molar-refractivity contribution in [2.75, 3.05) is 0 Å². The second-order valence-electron chi connectivity index (χ2n) is 5.70. The highest BCUT2D eigenvalue weighted by atomic mass is 35.5. The summed E-state index contributed by atoms with van der Waals surface area (Å²) in [4.78, 5) is 17.1. The summed E-state index contributed by atoms with van der Waals surface area (Å²) in [6.45, 7) is -0.0844. The fourth-order valence-electron chi connectivity index (χ4n) is 2.53. The minimum atomic E-state index is -0.439. The van der Waals surface area contributed by atoms with Crippen LogP contribution < -0.4 is 5.32 Å². The van der Waals surface area contributed by atoms with E-state index in [0.29, 0.717) is 26.9 Å². The molecule has 2 N–H and O–H groups in total. The van der Waals surface area contributed by atoms with Crippen LogP contribution in [0.2, 0.25) is 10.0 Å². The number of carbonyl (C=O) groups excluding carboxylic acids is 1. The molecule has 4 nitrogen and oxygen atoms in total. The van der Waals surface area contributed by atoms with E-state index in [1.54, 1.807) is 30.5 Å². The third kappa shape index (κ3) is 4.22. The molecular formula is C20H16Cl2N2O2. The largest absolute Gasteiger partial charge is 0.392 e. The zero-order valence-electron chi connectivity index (χ0n) is 13.7. The van der Waals surface area contributed by atoms with Crippen molar-refractivity contribution in [1.29, 1.82) is 0 Å². The molecule has 3 rings (SSSR count). The number of nitrogens with one attached hydrogen (secondary N) is 1. The first-order valence-corrected chi connectivity index (χ1v) is 8.70. The Morgan fingerprint density at radius 2 is 1.81 bits per heavy atom. The highest BCUT2D eigenvalue weighted by Gasteiger charge is 2.19. The van der Waals surface area contributed by atoms with E-state index in [4.69, 9.17) is 23.2 Å². The number of hydrogen-bond donors (Lipinski definition) is 2. The van der Waals surface area contributed by atoms with Gasteiger partial charge in [0.1, 0.15) is 0 Å². The molecular weight excluding hydrogens is 371 g/mol. The number of aliphatic hydroxyl groups excluding tert-OH is 1. The van der Waals surface area contributed by atoms with Gasteiger partial charge in [0.15, 0.2) is 0 Å². The molecule has 0 bridgehead atoms. The molecule has 6 heteroatoms. The quantitative estimate of drug-likeness (QED) is 0.682. The number of nitrogens with zero attached hydrogens (tertiary/aromatic N) is 1. The van der Waals surface area contributed by atoms with Crippen molar-refractivity contribution < 1.29 is 9.90 Å². The molecule has 1 heterocycles. The van der Waals surface area contributed by atoms with E-state index in [1.165, 1.54) is 6.07 Å². The molecule has 0 saturated heterocycles. The van der Waals surface area contributed by atoms with Crippen LogP contribution in [-0.4, -0.2) is 16.0 Å². The molecule has 2 aromatic carbocycles. The van der Waals surface area contributed by atoms with Gasteiger partial charge in [-0.2, -0.15) is 0 Å². The van der Waals surface area contributed by atoms with Crippen LogP contribution in [0.25, 0.3) is 0 Å². The summed E-state index contributed by atoms with van der Waals surface area (Å²) in [5, 5.41) is 12.9. The van der Waals surface area contributed by atoms with Crippen LogP contribution in [0.4, 0.5) is 0 Å². The SMILES string of the molecule is O=C(N[C@@H](c1ccccc1)c1ccc(CO)cn1)c1ccc(Cl)c(Cl)c1. The monoisotopic (exact) mass is 386 g/mol. The first kappa shape index (κ1) is 18.4. The number of benzene rings is 2. The van der Waals surface area contributed by atoms with Crippen molar-refractivity contribution in [2.45, 2.75) is 12.6 Å². The van der Waals surface area contributed by atoms with Crippen LogP contribution in [0.1, 0.15) is 33.2 Å². The van der Waals surface area contributed by atoms with Gasteiger partial charge in [-0.15, -0.1) is 0 Å². The average Bonchev–Trinajstić information content (AvgIpc) is 2.69. The van der Waals surface area contributed by atoms with Crippen molar-refractivity contribution >= 4 is 29.1 Å². The Balaban J connectivity index is 1.92. The number of aliphatic hydroxyl groups is 1. The molecule has 0 fully saturated rings. The molecule has 132 valence electrons. The van der Waals surface area contributed by atoms with Crippen LogP contribution in [0.5, 0.6) is 0 Å². The second kappa shape index (κ2) is 8.32. The van der Waals surface area contributed by atoms with Crippen molar-refractivity contribution in [1.82, 2.24) is 10.3 Å². The maximum Gasteiger partial charge on any atom is 0.252 e. The van der Waals surface area contributed by atoms with Gasteiger partial charge in [0.25, 0.3) is 5.91 Å². The molecule has 1 atom stereocenters. The lowest BCUT2D eigenvalue weighted by atomic mass is 10.0. The zero-order valence-corrected chi connectivity index (χ0v) is 15.2. The summed E-state index contributed by atoms with van der Waals surface area (Å²) in [5.74, 6) is -0.287. The highest BCUT2D eigenvalue weighted by Crippen LogP contribution is 2.24. The van der Waals surface area contributed by atoms with Gasteiger partial charge in [-0.05, 0) is 35.4 Å². The van der Waals surface area contributed by atoms with Crippen LogP contribution in [0, 0.1) is 0 Å². The van der Waals surface area contributed by atoms with E-state index in [9.17, 15) is 9.90 Å². The molecule has 0 spiro atoms. The van der Waals surface area contributed by atoms with Crippen LogP contribution >= 0.6 is 23.2 Å². The number of rotatable bonds is 5. The van der Waals surface area contributed by atoms with Crippen molar-refractivity contribution in [2.24, 2.45) is 0 Å². The lowest BCUT2D eigenvalue weighted by molar-refractivity contribution is 0.0942. The first-order chi connectivity index (χ1) is 12.6. The maximum absolute atomic E-state index is 12.7. The zero-order chi connectivity index (χ0) is 18.5. The van der Waals surface area contributed by atoms with Gasteiger partial charge in [0.2, 0.25) is 0 Å². The Kier molecular flexibility index (Phi) is 5.89. The molecule has 0 aliphatic carbocycles. The second-order valence-corrected chi connectivity index (χ2v) is 6.51. The number of pyridine rings is 1. The molecule has 0 saturated carbocycles. The number of hydrogen-bond acceptors (Lipinski definition) is 3. The average molecular weight is 387 g/mol. The number of amides is 1. The molecule has 1 amide bonds. The van der Waals surface area contributed by atoms with Crippen LogP contribution in [-0.2, 0) is 6.61 Å². The van der Waals surface area contributed by atoms with E-state index < -0.39 is 6.04 Å². The van der Waals surface area contributed by atoms with Gasteiger partial charge < -0.3 is 10.4 Å². The third-order valence-electron chi connectivity index (χ3n) is 3.92. The van der Waals surface area contributed by atoms with Crippen molar-refractivity contribution in [3.63, 3.8) is 0 Å². The van der Waals surface area contributed by atoms with Gasteiger partial charge in [-0.25, -0.2) is 0 Å². The number of carbonyl (C=O) groups is 1. The van der Waals surface area contributed by atoms with Gasteiger partial charge in [0.05, 0.1) is 28.4 Å². The lowest BCUT2D eigenvalue weighted by Gasteiger charge is -2.19. The Morgan fingerprint density at radius 3 is 2.42 bits per heavy atom. The Bertz CT molecular complexity index is 899. The Labute approximate surface area is 161 Å². The van der Waals surface area contributed by atoms with E-state index in [1.807, 2.05) is 30.3 Å². The summed E-state index contributed by atoms with van der Waals surface area (Å²) in [5.41, 5.74) is 2.68. The van der Waals surface area contributed by atoms with Gasteiger partial charge in [0, 0.05) is 11.8 Å². The first-order valence-electron chi connectivity index (χ1n) is 7.95. The molecule has 26 heavy (non-hydrogen) atoms. The molecule has 0 aliphatic heterocycles. The highest BCUT2D eigenvalue weighted by molar-refractivity contribution is 6.42. The van der Waals surface area contributed by atoms with Crippen molar-refractivity contribution in [3.8, 4) is 0 Å². The molecule has 0 unspecified atom stereocenters.